The SMILES string of the molecule is Nc1ncnc2c1ncn2Cc1c(N2CC[C@](N)(C(=O)NC3CC3)C2)ccc(F)c1CNC(=O)O. The number of amides is 2. The van der Waals surface area contributed by atoms with Crippen LogP contribution in [0.15, 0.2) is 24.8 Å². The third-order valence-electron chi connectivity index (χ3n) is 6.53. The molecule has 7 N–H and O–H groups in total. The van der Waals surface area contributed by atoms with Crippen molar-refractivity contribution in [2.24, 2.45) is 5.73 Å². The zero-order valence-electron chi connectivity index (χ0n) is 18.9. The second kappa shape index (κ2) is 8.65. The van der Waals surface area contributed by atoms with Gasteiger partial charge in [0.2, 0.25) is 5.91 Å². The minimum Gasteiger partial charge on any atom is -0.465 e. The number of fused-ring (bicyclic) bond motifs is 1. The van der Waals surface area contributed by atoms with Crippen molar-refractivity contribution in [1.82, 2.24) is 30.2 Å². The molecule has 0 bridgehead atoms. The van der Waals surface area contributed by atoms with E-state index in [-0.39, 0.29) is 43.0 Å². The fourth-order valence-electron chi connectivity index (χ4n) is 4.45. The van der Waals surface area contributed by atoms with Gasteiger partial charge in [0.05, 0.1) is 12.9 Å². The maximum absolute atomic E-state index is 15.0. The first-order valence-corrected chi connectivity index (χ1v) is 11.3. The predicted octanol–water partition coefficient (Wildman–Crippen LogP) is 0.550. The second-order valence-electron chi connectivity index (χ2n) is 9.06. The van der Waals surface area contributed by atoms with Gasteiger partial charge in [-0.2, -0.15) is 0 Å². The van der Waals surface area contributed by atoms with Crippen molar-refractivity contribution in [1.29, 1.82) is 0 Å². The molecular weight excluding hydrogens is 457 g/mol. The van der Waals surface area contributed by atoms with Gasteiger partial charge < -0.3 is 36.7 Å². The van der Waals surface area contributed by atoms with Crippen LogP contribution in [0.4, 0.5) is 20.7 Å². The van der Waals surface area contributed by atoms with E-state index in [0.717, 1.165) is 12.8 Å². The highest BCUT2D eigenvalue weighted by atomic mass is 19.1. The molecule has 2 aromatic heterocycles. The molecule has 13 heteroatoms. The number of halogens is 1. The van der Waals surface area contributed by atoms with Crippen molar-refractivity contribution < 1.29 is 19.1 Å². The number of carbonyl (C=O) groups is 2. The molecular formula is C22H26FN9O3. The molecule has 1 atom stereocenters. The molecule has 5 rings (SSSR count). The Labute approximate surface area is 199 Å². The Morgan fingerprint density at radius 1 is 1.23 bits per heavy atom. The fourth-order valence-corrected chi connectivity index (χ4v) is 4.45. The van der Waals surface area contributed by atoms with E-state index in [9.17, 15) is 14.0 Å². The van der Waals surface area contributed by atoms with Crippen LogP contribution in [0.3, 0.4) is 0 Å². The predicted molar refractivity (Wildman–Crippen MR) is 125 cm³/mol. The van der Waals surface area contributed by atoms with Gasteiger partial charge in [0.15, 0.2) is 11.5 Å². The lowest BCUT2D eigenvalue weighted by Crippen LogP contribution is -2.56. The van der Waals surface area contributed by atoms with Gasteiger partial charge in [-0.25, -0.2) is 24.1 Å². The fraction of sp³-hybridized carbons (Fsp3) is 0.409. The number of nitrogen functional groups attached to an aromatic ring is 1. The molecule has 2 fully saturated rings. The van der Waals surface area contributed by atoms with Crippen LogP contribution in [0.1, 0.15) is 30.4 Å². The summed E-state index contributed by atoms with van der Waals surface area (Å²) in [5.41, 5.74) is 13.6. The van der Waals surface area contributed by atoms with Crippen molar-refractivity contribution in [2.75, 3.05) is 23.7 Å². The van der Waals surface area contributed by atoms with Gasteiger partial charge in [-0.1, -0.05) is 0 Å². The third-order valence-corrected chi connectivity index (χ3v) is 6.53. The molecule has 3 aromatic rings. The largest absolute Gasteiger partial charge is 0.465 e. The number of hydrogen-bond acceptors (Lipinski definition) is 8. The molecule has 0 spiro atoms. The van der Waals surface area contributed by atoms with E-state index in [2.05, 4.69) is 25.6 Å². The number of benzene rings is 1. The lowest BCUT2D eigenvalue weighted by atomic mass is 9.99. The number of nitrogens with zero attached hydrogens (tertiary/aromatic N) is 5. The van der Waals surface area contributed by atoms with E-state index in [4.69, 9.17) is 16.6 Å². The van der Waals surface area contributed by atoms with Gasteiger partial charge in [0, 0.05) is 42.5 Å². The highest BCUT2D eigenvalue weighted by Gasteiger charge is 2.43. The zero-order chi connectivity index (χ0) is 24.7. The van der Waals surface area contributed by atoms with Crippen LogP contribution in [0.5, 0.6) is 0 Å². The molecule has 35 heavy (non-hydrogen) atoms. The summed E-state index contributed by atoms with van der Waals surface area (Å²) in [5, 5.41) is 14.3. The summed E-state index contributed by atoms with van der Waals surface area (Å²) in [5.74, 6) is -0.525. The van der Waals surface area contributed by atoms with Crippen molar-refractivity contribution in [2.45, 2.75) is 43.9 Å². The standard InChI is InChI=1S/C22H26FN9O3/c23-15-3-4-16(31-6-5-22(25,9-31)20(33)30-12-1-2-12)14(13(15)7-26-21(34)35)8-32-11-29-17-18(24)27-10-28-19(17)32/h3-4,10-12,26H,1-2,5-9,25H2,(H,30,33)(H,34,35)(H2,24,27,28)/t22-/m1/s1. The summed E-state index contributed by atoms with van der Waals surface area (Å²) in [4.78, 5) is 38.3. The molecule has 2 aliphatic rings. The van der Waals surface area contributed by atoms with E-state index < -0.39 is 17.4 Å². The molecule has 3 heterocycles. The van der Waals surface area contributed by atoms with Crippen molar-refractivity contribution in [3.8, 4) is 0 Å². The third kappa shape index (κ3) is 4.41. The van der Waals surface area contributed by atoms with E-state index in [1.807, 2.05) is 4.90 Å². The molecule has 12 nitrogen and oxygen atoms in total. The van der Waals surface area contributed by atoms with Gasteiger partial charge in [0.25, 0.3) is 0 Å². The zero-order valence-corrected chi connectivity index (χ0v) is 18.9. The number of rotatable bonds is 7. The summed E-state index contributed by atoms with van der Waals surface area (Å²) in [6, 6.07) is 3.11. The Morgan fingerprint density at radius 2 is 2.03 bits per heavy atom. The summed E-state index contributed by atoms with van der Waals surface area (Å²) in [6.07, 6.45) is 3.92. The Hall–Kier alpha value is -4.00. The van der Waals surface area contributed by atoms with E-state index in [1.54, 1.807) is 10.6 Å². The maximum atomic E-state index is 15.0. The number of anilines is 2. The lowest BCUT2D eigenvalue weighted by Gasteiger charge is -2.27. The van der Waals surface area contributed by atoms with Crippen LogP contribution in [0, 0.1) is 5.82 Å². The molecule has 1 saturated heterocycles. The van der Waals surface area contributed by atoms with E-state index in [0.29, 0.717) is 35.4 Å². The van der Waals surface area contributed by atoms with Crippen LogP contribution >= 0.6 is 0 Å². The summed E-state index contributed by atoms with van der Waals surface area (Å²) < 4.78 is 16.7. The number of hydrogen-bond donors (Lipinski definition) is 5. The lowest BCUT2D eigenvalue weighted by molar-refractivity contribution is -0.125. The van der Waals surface area contributed by atoms with Gasteiger partial charge in [-0.05, 0) is 31.4 Å². The summed E-state index contributed by atoms with van der Waals surface area (Å²) in [7, 11) is 0. The maximum Gasteiger partial charge on any atom is 0.404 e. The number of imidazole rings is 1. The van der Waals surface area contributed by atoms with Crippen LogP contribution in [0.2, 0.25) is 0 Å². The van der Waals surface area contributed by atoms with Gasteiger partial charge in [-0.15, -0.1) is 0 Å². The van der Waals surface area contributed by atoms with Crippen molar-refractivity contribution >= 4 is 34.7 Å². The van der Waals surface area contributed by atoms with Crippen LogP contribution in [0.25, 0.3) is 11.2 Å². The minimum absolute atomic E-state index is 0.138. The Bertz CT molecular complexity index is 1310. The first-order chi connectivity index (χ1) is 16.7. The Kier molecular flexibility index (Phi) is 5.63. The smallest absolute Gasteiger partial charge is 0.404 e. The molecule has 2 amide bonds. The quantitative estimate of drug-likeness (QED) is 0.321. The van der Waals surface area contributed by atoms with Gasteiger partial charge in [-0.3, -0.25) is 4.79 Å². The van der Waals surface area contributed by atoms with Crippen LogP contribution < -0.4 is 27.0 Å². The van der Waals surface area contributed by atoms with Crippen LogP contribution in [-0.4, -0.2) is 61.3 Å². The monoisotopic (exact) mass is 483 g/mol. The number of aromatic nitrogens is 4. The normalized spacial score (nSPS) is 19.8. The Balaban J connectivity index is 1.52. The molecule has 0 radical (unpaired) electrons. The summed E-state index contributed by atoms with van der Waals surface area (Å²) >= 11 is 0. The van der Waals surface area contributed by atoms with E-state index in [1.165, 1.54) is 18.7 Å². The molecule has 1 saturated carbocycles. The molecule has 1 aliphatic carbocycles. The van der Waals surface area contributed by atoms with Gasteiger partial charge in [0.1, 0.15) is 23.2 Å². The summed E-state index contributed by atoms with van der Waals surface area (Å²) in [6.45, 7) is 0.630. The number of nitrogens with two attached hydrogens (primary N) is 2. The first kappa shape index (κ1) is 22.8. The molecule has 1 aromatic carbocycles. The number of carboxylic acid groups (broad SMARTS) is 1. The molecule has 0 unspecified atom stereocenters. The Morgan fingerprint density at radius 3 is 2.77 bits per heavy atom. The van der Waals surface area contributed by atoms with Crippen molar-refractivity contribution in [3.05, 3.63) is 41.7 Å². The highest BCUT2D eigenvalue weighted by molar-refractivity contribution is 5.88. The number of carbonyl (C=O) groups excluding carboxylic acids is 1. The minimum atomic E-state index is -1.27. The number of nitrogens with one attached hydrogen (secondary N) is 2. The average Bonchev–Trinajstić information content (AvgIpc) is 3.39. The first-order valence-electron chi connectivity index (χ1n) is 11.3. The average molecular weight is 484 g/mol. The topological polar surface area (TPSA) is 177 Å². The van der Waals surface area contributed by atoms with Gasteiger partial charge >= 0.3 is 6.09 Å². The van der Waals surface area contributed by atoms with E-state index >= 15 is 0 Å². The highest BCUT2D eigenvalue weighted by Crippen LogP contribution is 2.33. The van der Waals surface area contributed by atoms with Crippen LogP contribution in [-0.2, 0) is 17.9 Å². The second-order valence-corrected chi connectivity index (χ2v) is 9.06. The van der Waals surface area contributed by atoms with Crippen molar-refractivity contribution in [3.63, 3.8) is 0 Å². The molecule has 184 valence electrons. The molecule has 1 aliphatic heterocycles.